The summed E-state index contributed by atoms with van der Waals surface area (Å²) >= 11 is 1.32. The Balaban J connectivity index is 1.63. The number of carbonyl (C=O) groups excluding carboxylic acids is 2. The monoisotopic (exact) mass is 451 g/mol. The zero-order chi connectivity index (χ0) is 23.1. The molecule has 32 heavy (non-hydrogen) atoms. The van der Waals surface area contributed by atoms with E-state index in [2.05, 4.69) is 26.8 Å². The number of benzene rings is 2. The topological polar surface area (TPSA) is 76.4 Å². The summed E-state index contributed by atoms with van der Waals surface area (Å²) < 4.78 is 11.0. The molecule has 1 saturated carbocycles. The molecule has 1 fully saturated rings. The lowest BCUT2D eigenvalue weighted by atomic mass is 9.75. The van der Waals surface area contributed by atoms with Crippen LogP contribution in [-0.4, -0.2) is 24.6 Å². The molecule has 0 amide bonds. The SMILES string of the molecule is CC(C)[C@@H]1CC[C@H](C)C[C@@H]1OC(=O)COC(=O)c1ccccc1Sc1ccccc1C#N. The summed E-state index contributed by atoms with van der Waals surface area (Å²) in [6, 6.07) is 16.4. The van der Waals surface area contributed by atoms with E-state index in [1.807, 2.05) is 18.2 Å². The van der Waals surface area contributed by atoms with E-state index >= 15 is 0 Å². The van der Waals surface area contributed by atoms with Crippen LogP contribution in [0.25, 0.3) is 0 Å². The molecule has 0 heterocycles. The van der Waals surface area contributed by atoms with Gasteiger partial charge in [0.05, 0.1) is 11.1 Å². The molecule has 3 rings (SSSR count). The van der Waals surface area contributed by atoms with Gasteiger partial charge in [-0.05, 0) is 54.9 Å². The molecule has 5 nitrogen and oxygen atoms in total. The summed E-state index contributed by atoms with van der Waals surface area (Å²) in [5.41, 5.74) is 0.884. The van der Waals surface area contributed by atoms with Crippen molar-refractivity contribution in [1.29, 1.82) is 5.26 Å². The minimum atomic E-state index is -0.586. The first-order valence-corrected chi connectivity index (χ1v) is 11.8. The van der Waals surface area contributed by atoms with Crippen molar-refractivity contribution in [3.63, 3.8) is 0 Å². The van der Waals surface area contributed by atoms with Crippen molar-refractivity contribution in [3.05, 3.63) is 59.7 Å². The van der Waals surface area contributed by atoms with Crippen LogP contribution in [0.3, 0.4) is 0 Å². The highest BCUT2D eigenvalue weighted by Gasteiger charge is 2.33. The fourth-order valence-electron chi connectivity index (χ4n) is 4.15. The lowest BCUT2D eigenvalue weighted by molar-refractivity contribution is -0.159. The summed E-state index contributed by atoms with van der Waals surface area (Å²) in [5.74, 6) is 0.191. The molecular formula is C26H29NO4S. The largest absolute Gasteiger partial charge is 0.460 e. The van der Waals surface area contributed by atoms with Crippen molar-refractivity contribution in [3.8, 4) is 6.07 Å². The molecule has 2 aromatic carbocycles. The van der Waals surface area contributed by atoms with Crippen LogP contribution >= 0.6 is 11.8 Å². The molecule has 0 aromatic heterocycles. The Kier molecular flexibility index (Phi) is 8.35. The second-order valence-electron chi connectivity index (χ2n) is 8.64. The molecule has 0 spiro atoms. The van der Waals surface area contributed by atoms with Crippen LogP contribution in [0.15, 0.2) is 58.3 Å². The molecule has 0 radical (unpaired) electrons. The van der Waals surface area contributed by atoms with E-state index in [9.17, 15) is 14.9 Å². The number of nitriles is 1. The smallest absolute Gasteiger partial charge is 0.344 e. The maximum atomic E-state index is 12.7. The van der Waals surface area contributed by atoms with E-state index in [0.29, 0.717) is 33.8 Å². The van der Waals surface area contributed by atoms with Crippen LogP contribution in [0.1, 0.15) is 56.0 Å². The first-order chi connectivity index (χ1) is 15.4. The van der Waals surface area contributed by atoms with Gasteiger partial charge in [-0.15, -0.1) is 0 Å². The van der Waals surface area contributed by atoms with E-state index in [1.165, 1.54) is 11.8 Å². The summed E-state index contributed by atoms with van der Waals surface area (Å²) in [7, 11) is 0. The van der Waals surface area contributed by atoms with Gasteiger partial charge in [-0.1, -0.05) is 63.2 Å². The van der Waals surface area contributed by atoms with E-state index in [1.54, 1.807) is 30.3 Å². The van der Waals surface area contributed by atoms with Crippen molar-refractivity contribution in [2.75, 3.05) is 6.61 Å². The molecule has 0 unspecified atom stereocenters. The highest BCUT2D eigenvalue weighted by Crippen LogP contribution is 2.35. The number of nitrogens with zero attached hydrogens (tertiary/aromatic N) is 1. The van der Waals surface area contributed by atoms with Gasteiger partial charge in [0.1, 0.15) is 12.2 Å². The van der Waals surface area contributed by atoms with E-state index in [-0.39, 0.29) is 6.10 Å². The number of rotatable bonds is 7. The van der Waals surface area contributed by atoms with Gasteiger partial charge in [0, 0.05) is 9.79 Å². The van der Waals surface area contributed by atoms with Crippen molar-refractivity contribution < 1.29 is 19.1 Å². The fourth-order valence-corrected chi connectivity index (χ4v) is 5.16. The van der Waals surface area contributed by atoms with Crippen LogP contribution in [-0.2, 0) is 14.3 Å². The zero-order valence-corrected chi connectivity index (χ0v) is 19.6. The number of hydrogen-bond acceptors (Lipinski definition) is 6. The minimum absolute atomic E-state index is 0.129. The Morgan fingerprint density at radius 3 is 2.50 bits per heavy atom. The van der Waals surface area contributed by atoms with Gasteiger partial charge in [0.2, 0.25) is 0 Å². The van der Waals surface area contributed by atoms with Crippen LogP contribution < -0.4 is 0 Å². The third kappa shape index (κ3) is 6.14. The molecule has 2 aromatic rings. The van der Waals surface area contributed by atoms with Crippen molar-refractivity contribution in [1.82, 2.24) is 0 Å². The maximum Gasteiger partial charge on any atom is 0.344 e. The van der Waals surface area contributed by atoms with Gasteiger partial charge in [-0.25, -0.2) is 9.59 Å². The average Bonchev–Trinajstić information content (AvgIpc) is 2.78. The molecule has 6 heteroatoms. The Bertz CT molecular complexity index is 997. The van der Waals surface area contributed by atoms with Gasteiger partial charge >= 0.3 is 11.9 Å². The van der Waals surface area contributed by atoms with Crippen LogP contribution in [0.2, 0.25) is 0 Å². The number of carbonyl (C=O) groups is 2. The van der Waals surface area contributed by atoms with Gasteiger partial charge in [-0.2, -0.15) is 5.26 Å². The Morgan fingerprint density at radius 1 is 1.09 bits per heavy atom. The normalized spacial score (nSPS) is 20.4. The lowest BCUT2D eigenvalue weighted by Gasteiger charge is -2.36. The van der Waals surface area contributed by atoms with Gasteiger partial charge in [-0.3, -0.25) is 0 Å². The van der Waals surface area contributed by atoms with Crippen LogP contribution in [0, 0.1) is 29.1 Å². The predicted molar refractivity (Wildman–Crippen MR) is 123 cm³/mol. The summed E-state index contributed by atoms with van der Waals surface area (Å²) in [5, 5.41) is 9.32. The number of hydrogen-bond donors (Lipinski definition) is 0. The van der Waals surface area contributed by atoms with Crippen molar-refractivity contribution in [2.24, 2.45) is 17.8 Å². The van der Waals surface area contributed by atoms with Gasteiger partial charge < -0.3 is 9.47 Å². The molecule has 3 atom stereocenters. The third-order valence-electron chi connectivity index (χ3n) is 5.90. The molecule has 0 bridgehead atoms. The van der Waals surface area contributed by atoms with Crippen LogP contribution in [0.5, 0.6) is 0 Å². The standard InChI is InChI=1S/C26H29NO4S/c1-17(2)20-13-12-18(3)14-22(20)31-25(28)16-30-26(29)21-9-5-7-11-24(21)32-23-10-6-4-8-19(23)15-27/h4-11,17-18,20,22H,12-14,16H2,1-3H3/t18-,20-,22-/m0/s1. The highest BCUT2D eigenvalue weighted by atomic mass is 32.2. The average molecular weight is 452 g/mol. The van der Waals surface area contributed by atoms with Gasteiger partial charge in [0.25, 0.3) is 0 Å². The Morgan fingerprint density at radius 2 is 1.78 bits per heavy atom. The Hall–Kier alpha value is -2.78. The quantitative estimate of drug-likeness (QED) is 0.490. The molecule has 0 saturated heterocycles. The molecule has 0 aliphatic heterocycles. The maximum absolute atomic E-state index is 12.7. The second kappa shape index (κ2) is 11.2. The number of ether oxygens (including phenoxy) is 2. The Labute approximate surface area is 194 Å². The summed E-state index contributed by atoms with van der Waals surface area (Å²) in [6.45, 7) is 6.07. The predicted octanol–water partition coefficient (Wildman–Crippen LogP) is 5.87. The highest BCUT2D eigenvalue weighted by molar-refractivity contribution is 7.99. The fraction of sp³-hybridized carbons (Fsp3) is 0.423. The third-order valence-corrected chi connectivity index (χ3v) is 7.05. The molecular weight excluding hydrogens is 422 g/mol. The summed E-state index contributed by atoms with van der Waals surface area (Å²) in [4.78, 5) is 26.6. The molecule has 1 aliphatic rings. The van der Waals surface area contributed by atoms with E-state index in [0.717, 1.165) is 24.2 Å². The zero-order valence-electron chi connectivity index (χ0n) is 18.7. The second-order valence-corrected chi connectivity index (χ2v) is 9.72. The minimum Gasteiger partial charge on any atom is -0.460 e. The molecule has 168 valence electrons. The van der Waals surface area contributed by atoms with E-state index in [4.69, 9.17) is 9.47 Å². The first kappa shape index (κ1) is 23.9. The molecule has 0 N–H and O–H groups in total. The van der Waals surface area contributed by atoms with E-state index < -0.39 is 18.5 Å². The number of esters is 2. The summed E-state index contributed by atoms with van der Waals surface area (Å²) in [6.07, 6.45) is 2.91. The molecule has 1 aliphatic carbocycles. The van der Waals surface area contributed by atoms with Crippen LogP contribution in [0.4, 0.5) is 0 Å². The first-order valence-electron chi connectivity index (χ1n) is 11.0. The van der Waals surface area contributed by atoms with Gasteiger partial charge in [0.15, 0.2) is 6.61 Å². The lowest BCUT2D eigenvalue weighted by Crippen LogP contribution is -2.36. The van der Waals surface area contributed by atoms with Crippen molar-refractivity contribution >= 4 is 23.7 Å². The van der Waals surface area contributed by atoms with Crippen molar-refractivity contribution in [2.45, 2.75) is 55.9 Å².